The molecule has 10 heteroatoms. The highest BCUT2D eigenvalue weighted by Gasteiger charge is 2.27. The van der Waals surface area contributed by atoms with E-state index in [0.29, 0.717) is 6.42 Å². The number of amides is 3. The topological polar surface area (TPSA) is 154 Å². The van der Waals surface area contributed by atoms with Gasteiger partial charge in [0.2, 0.25) is 11.8 Å². The normalized spacial score (nSPS) is 22.9. The number of benzene rings is 1. The Hall–Kier alpha value is -3.14. The Kier molecular flexibility index (Phi) is 7.96. The highest BCUT2D eigenvalue weighted by molar-refractivity contribution is 5.99. The molecule has 5 N–H and O–H groups in total. The van der Waals surface area contributed by atoms with E-state index in [4.69, 9.17) is 4.74 Å². The lowest BCUT2D eigenvalue weighted by Crippen LogP contribution is -2.53. The van der Waals surface area contributed by atoms with Gasteiger partial charge in [0.15, 0.2) is 0 Å². The first-order valence-corrected chi connectivity index (χ1v) is 9.30. The standard InChI is InChI=1S/C19H25N3O7/c1-11(23)16-18(26)20-9-4-10-29-14-6-3-2-5-12(14)17(25)21-13(19(27)28)7-8-15(24)22-16/h2-3,5-6,11,13,16,23H,4,7-10H2,1H3,(H,20,26)(H,21,25)(H,22,24)(H,27,28)/t11-,13+,16+/m1/s1. The minimum atomic E-state index is -1.31. The molecule has 2 rings (SSSR count). The zero-order chi connectivity index (χ0) is 21.4. The Balaban J connectivity index is 2.23. The van der Waals surface area contributed by atoms with E-state index in [1.807, 2.05) is 0 Å². The summed E-state index contributed by atoms with van der Waals surface area (Å²) >= 11 is 0. The van der Waals surface area contributed by atoms with Gasteiger partial charge in [0, 0.05) is 13.0 Å². The largest absolute Gasteiger partial charge is 0.493 e. The smallest absolute Gasteiger partial charge is 0.326 e. The predicted molar refractivity (Wildman–Crippen MR) is 101 cm³/mol. The number of ether oxygens (including phenoxy) is 1. The first kappa shape index (κ1) is 22.2. The molecule has 10 nitrogen and oxygen atoms in total. The van der Waals surface area contributed by atoms with Crippen LogP contribution in [0.3, 0.4) is 0 Å². The lowest BCUT2D eigenvalue weighted by Gasteiger charge is -2.22. The van der Waals surface area contributed by atoms with Gasteiger partial charge in [0.25, 0.3) is 5.91 Å². The summed E-state index contributed by atoms with van der Waals surface area (Å²) < 4.78 is 5.60. The molecule has 1 aliphatic rings. The van der Waals surface area contributed by atoms with E-state index in [1.54, 1.807) is 18.2 Å². The summed E-state index contributed by atoms with van der Waals surface area (Å²) in [6, 6.07) is 3.92. The van der Waals surface area contributed by atoms with Crippen molar-refractivity contribution in [1.82, 2.24) is 16.0 Å². The molecule has 0 fully saturated rings. The number of carboxylic acid groups (broad SMARTS) is 1. The molecule has 1 aromatic carbocycles. The van der Waals surface area contributed by atoms with E-state index >= 15 is 0 Å². The maximum Gasteiger partial charge on any atom is 0.326 e. The van der Waals surface area contributed by atoms with E-state index in [-0.39, 0.29) is 37.3 Å². The summed E-state index contributed by atoms with van der Waals surface area (Å²) in [6.45, 7) is 1.80. The number of carboxylic acids is 1. The van der Waals surface area contributed by atoms with E-state index in [0.717, 1.165) is 0 Å². The SMILES string of the molecule is C[C@@H](O)[C@@H]1NC(=O)CC[C@@H](C(=O)O)NC(=O)c2ccccc2OCCCNC1=O. The third-order valence-corrected chi connectivity index (χ3v) is 4.35. The summed E-state index contributed by atoms with van der Waals surface area (Å²) in [5.74, 6) is -2.80. The van der Waals surface area contributed by atoms with E-state index in [9.17, 15) is 29.4 Å². The molecule has 0 spiro atoms. The monoisotopic (exact) mass is 407 g/mol. The van der Waals surface area contributed by atoms with Gasteiger partial charge in [0.1, 0.15) is 17.8 Å². The summed E-state index contributed by atoms with van der Waals surface area (Å²) in [6.07, 6.45) is -1.17. The molecule has 1 aromatic rings. The molecular weight excluding hydrogens is 382 g/mol. The van der Waals surface area contributed by atoms with Crippen LogP contribution in [0.2, 0.25) is 0 Å². The first-order valence-electron chi connectivity index (χ1n) is 9.30. The minimum absolute atomic E-state index is 0.175. The predicted octanol–water partition coefficient (Wildman–Crippen LogP) is -0.586. The zero-order valence-electron chi connectivity index (χ0n) is 16.0. The van der Waals surface area contributed by atoms with Gasteiger partial charge in [0.05, 0.1) is 18.3 Å². The van der Waals surface area contributed by atoms with Crippen molar-refractivity contribution in [3.63, 3.8) is 0 Å². The van der Waals surface area contributed by atoms with Crippen molar-refractivity contribution in [1.29, 1.82) is 0 Å². The number of hydrogen-bond acceptors (Lipinski definition) is 6. The van der Waals surface area contributed by atoms with Crippen molar-refractivity contribution < 1.29 is 34.1 Å². The van der Waals surface area contributed by atoms with Crippen LogP contribution < -0.4 is 20.7 Å². The van der Waals surface area contributed by atoms with Gasteiger partial charge in [-0.05, 0) is 31.9 Å². The van der Waals surface area contributed by atoms with Gasteiger partial charge in [-0.15, -0.1) is 0 Å². The van der Waals surface area contributed by atoms with Crippen LogP contribution in [0, 0.1) is 0 Å². The molecule has 3 atom stereocenters. The Labute approximate surface area is 167 Å². The molecule has 0 aromatic heterocycles. The molecule has 29 heavy (non-hydrogen) atoms. The number of aliphatic carboxylic acids is 1. The fourth-order valence-electron chi connectivity index (χ4n) is 2.78. The second kappa shape index (κ2) is 10.4. The molecule has 0 unspecified atom stereocenters. The maximum absolute atomic E-state index is 12.5. The van der Waals surface area contributed by atoms with Crippen LogP contribution in [0.4, 0.5) is 0 Å². The van der Waals surface area contributed by atoms with Gasteiger partial charge in [-0.3, -0.25) is 14.4 Å². The number of nitrogens with one attached hydrogen (secondary N) is 3. The second-order valence-corrected chi connectivity index (χ2v) is 6.68. The Morgan fingerprint density at radius 2 is 1.93 bits per heavy atom. The maximum atomic E-state index is 12.5. The summed E-state index contributed by atoms with van der Waals surface area (Å²) in [5, 5.41) is 26.6. The molecule has 158 valence electrons. The second-order valence-electron chi connectivity index (χ2n) is 6.68. The van der Waals surface area contributed by atoms with Crippen LogP contribution in [0.1, 0.15) is 36.5 Å². The Morgan fingerprint density at radius 3 is 2.62 bits per heavy atom. The number of carbonyl (C=O) groups excluding carboxylic acids is 3. The van der Waals surface area contributed by atoms with Gasteiger partial charge in [-0.25, -0.2) is 4.79 Å². The van der Waals surface area contributed by atoms with Gasteiger partial charge in [-0.2, -0.15) is 0 Å². The highest BCUT2D eigenvalue weighted by Crippen LogP contribution is 2.18. The molecule has 1 heterocycles. The quantitative estimate of drug-likeness (QED) is 0.439. The number of carbonyl (C=O) groups is 4. The number of rotatable bonds is 2. The van der Waals surface area contributed by atoms with E-state index in [1.165, 1.54) is 13.0 Å². The number of aliphatic hydroxyl groups is 1. The lowest BCUT2D eigenvalue weighted by molar-refractivity contribution is -0.139. The fraction of sp³-hybridized carbons (Fsp3) is 0.474. The summed E-state index contributed by atoms with van der Waals surface area (Å²) in [5.41, 5.74) is 0.175. The third-order valence-electron chi connectivity index (χ3n) is 4.35. The minimum Gasteiger partial charge on any atom is -0.493 e. The number of fused-ring (bicyclic) bond motifs is 1. The molecule has 0 saturated heterocycles. The highest BCUT2D eigenvalue weighted by atomic mass is 16.5. The average molecular weight is 407 g/mol. The van der Waals surface area contributed by atoms with Crippen LogP contribution in [-0.2, 0) is 14.4 Å². The van der Waals surface area contributed by atoms with Crippen molar-refractivity contribution in [3.05, 3.63) is 29.8 Å². The van der Waals surface area contributed by atoms with Crippen LogP contribution in [0.5, 0.6) is 5.75 Å². The van der Waals surface area contributed by atoms with Crippen LogP contribution >= 0.6 is 0 Å². The molecule has 0 bridgehead atoms. The zero-order valence-corrected chi connectivity index (χ0v) is 16.0. The van der Waals surface area contributed by atoms with Crippen LogP contribution in [0.15, 0.2) is 24.3 Å². The lowest BCUT2D eigenvalue weighted by atomic mass is 10.1. The molecular formula is C19H25N3O7. The van der Waals surface area contributed by atoms with Gasteiger partial charge in [-0.1, -0.05) is 12.1 Å². The number of para-hydroxylation sites is 1. The fourth-order valence-corrected chi connectivity index (χ4v) is 2.78. The van der Waals surface area contributed by atoms with E-state index < -0.39 is 41.9 Å². The molecule has 0 radical (unpaired) electrons. The van der Waals surface area contributed by atoms with Crippen LogP contribution in [0.25, 0.3) is 0 Å². The van der Waals surface area contributed by atoms with Crippen molar-refractivity contribution in [3.8, 4) is 5.75 Å². The van der Waals surface area contributed by atoms with Gasteiger partial charge < -0.3 is 30.9 Å². The van der Waals surface area contributed by atoms with Crippen molar-refractivity contribution >= 4 is 23.7 Å². The first-order chi connectivity index (χ1) is 13.8. The van der Waals surface area contributed by atoms with Crippen molar-refractivity contribution in [2.75, 3.05) is 13.2 Å². The van der Waals surface area contributed by atoms with Crippen molar-refractivity contribution in [2.45, 2.75) is 44.4 Å². The molecule has 0 saturated carbocycles. The molecule has 0 aliphatic carbocycles. The summed E-state index contributed by atoms with van der Waals surface area (Å²) in [4.78, 5) is 48.4. The molecule has 3 amide bonds. The third kappa shape index (κ3) is 6.46. The van der Waals surface area contributed by atoms with Gasteiger partial charge >= 0.3 is 5.97 Å². The number of aliphatic hydroxyl groups excluding tert-OH is 1. The summed E-state index contributed by atoms with van der Waals surface area (Å²) in [7, 11) is 0. The van der Waals surface area contributed by atoms with Crippen molar-refractivity contribution in [2.24, 2.45) is 0 Å². The van der Waals surface area contributed by atoms with E-state index in [2.05, 4.69) is 16.0 Å². The Morgan fingerprint density at radius 1 is 1.21 bits per heavy atom. The average Bonchev–Trinajstić information content (AvgIpc) is 2.67. The Bertz CT molecular complexity index is 766. The number of hydrogen-bond donors (Lipinski definition) is 5. The molecule has 1 aliphatic heterocycles. The van der Waals surface area contributed by atoms with Crippen LogP contribution in [-0.4, -0.2) is 65.2 Å².